The van der Waals surface area contributed by atoms with E-state index in [1.165, 1.54) is 24.8 Å². The van der Waals surface area contributed by atoms with Gasteiger partial charge in [-0.25, -0.2) is 0 Å². The van der Waals surface area contributed by atoms with Gasteiger partial charge in [-0.3, -0.25) is 0 Å². The maximum absolute atomic E-state index is 4.87. The van der Waals surface area contributed by atoms with Crippen LogP contribution in [0, 0.1) is 0 Å². The molecule has 1 aromatic carbocycles. The zero-order valence-electron chi connectivity index (χ0n) is 9.10. The molecular formula is C14H19O+. The highest BCUT2D eigenvalue weighted by molar-refractivity contribution is 5.17. The van der Waals surface area contributed by atoms with Gasteiger partial charge in [0.25, 0.3) is 0 Å². The lowest BCUT2D eigenvalue weighted by Gasteiger charge is -2.25. The molecule has 0 aliphatic carbocycles. The highest BCUT2D eigenvalue weighted by atomic mass is 16.5. The molecule has 1 aliphatic heterocycles. The average molecular weight is 203 g/mol. The van der Waals surface area contributed by atoms with Gasteiger partial charge in [-0.1, -0.05) is 36.4 Å². The van der Waals surface area contributed by atoms with Crippen LogP contribution in [0.15, 0.2) is 43.0 Å². The Morgan fingerprint density at radius 1 is 1.27 bits per heavy atom. The van der Waals surface area contributed by atoms with Crippen LogP contribution in [-0.2, 0) is 0 Å². The van der Waals surface area contributed by atoms with Gasteiger partial charge in [-0.05, 0) is 6.42 Å². The Labute approximate surface area is 91.8 Å². The molecule has 1 aliphatic rings. The van der Waals surface area contributed by atoms with Crippen LogP contribution in [0.25, 0.3) is 0 Å². The van der Waals surface area contributed by atoms with Gasteiger partial charge in [0.1, 0.15) is 0 Å². The number of rotatable bonds is 3. The van der Waals surface area contributed by atoms with Crippen molar-refractivity contribution >= 4 is 0 Å². The van der Waals surface area contributed by atoms with E-state index in [1.807, 2.05) is 6.08 Å². The zero-order valence-corrected chi connectivity index (χ0v) is 9.10. The normalized spacial score (nSPS) is 26.1. The van der Waals surface area contributed by atoms with Crippen LogP contribution in [0.1, 0.15) is 37.4 Å². The lowest BCUT2D eigenvalue weighted by Crippen LogP contribution is -2.25. The summed E-state index contributed by atoms with van der Waals surface area (Å²) in [5.74, 6) is 0. The molecule has 0 bridgehead atoms. The van der Waals surface area contributed by atoms with Gasteiger partial charge >= 0.3 is 0 Å². The van der Waals surface area contributed by atoms with E-state index in [2.05, 4.69) is 36.9 Å². The van der Waals surface area contributed by atoms with E-state index in [9.17, 15) is 0 Å². The summed E-state index contributed by atoms with van der Waals surface area (Å²) in [5.41, 5.74) is 1.37. The molecular weight excluding hydrogens is 184 g/mol. The molecule has 0 radical (unpaired) electrons. The Kier molecular flexibility index (Phi) is 3.57. The quantitative estimate of drug-likeness (QED) is 0.527. The summed E-state index contributed by atoms with van der Waals surface area (Å²) in [4.78, 5) is 0. The summed E-state index contributed by atoms with van der Waals surface area (Å²) < 4.78 is 4.87. The van der Waals surface area contributed by atoms with Crippen LogP contribution < -0.4 is 0 Å². The minimum atomic E-state index is 0.421. The largest absolute Gasteiger partial charge is 0.425 e. The van der Waals surface area contributed by atoms with Crippen LogP contribution in [0.5, 0.6) is 0 Å². The summed E-state index contributed by atoms with van der Waals surface area (Å²) in [7, 11) is 0. The fourth-order valence-corrected chi connectivity index (χ4v) is 2.25. The van der Waals surface area contributed by atoms with E-state index in [4.69, 9.17) is 4.74 Å². The van der Waals surface area contributed by atoms with Gasteiger partial charge in [0.15, 0.2) is 12.2 Å². The third-order valence-corrected chi connectivity index (χ3v) is 3.03. The van der Waals surface area contributed by atoms with Gasteiger partial charge in [-0.2, -0.15) is 0 Å². The van der Waals surface area contributed by atoms with Crippen molar-refractivity contribution in [1.82, 2.24) is 0 Å². The van der Waals surface area contributed by atoms with Crippen LogP contribution >= 0.6 is 0 Å². The predicted molar refractivity (Wildman–Crippen MR) is 63.9 cm³/mol. The lowest BCUT2D eigenvalue weighted by atomic mass is 9.97. The van der Waals surface area contributed by atoms with E-state index in [0.717, 1.165) is 6.42 Å². The van der Waals surface area contributed by atoms with Gasteiger partial charge in [-0.15, -0.1) is 6.58 Å². The molecule has 15 heavy (non-hydrogen) atoms. The Morgan fingerprint density at radius 2 is 2.07 bits per heavy atom. The summed E-state index contributed by atoms with van der Waals surface area (Å²) in [6.07, 6.45) is 7.67. The second-order valence-electron chi connectivity index (χ2n) is 4.18. The molecule has 0 amide bonds. The van der Waals surface area contributed by atoms with Crippen molar-refractivity contribution in [1.29, 1.82) is 0 Å². The van der Waals surface area contributed by atoms with Crippen LogP contribution in [0.3, 0.4) is 0 Å². The SMILES string of the molecule is C=CC[C@H]1CCC[C@@H](c2ccccc2)[OH+]1. The minimum Gasteiger partial charge on any atom is -0.425 e. The molecule has 1 heteroatoms. The Balaban J connectivity index is 2.01. The molecule has 2 rings (SSSR count). The van der Waals surface area contributed by atoms with Gasteiger partial charge in [0, 0.05) is 24.8 Å². The molecule has 0 spiro atoms. The van der Waals surface area contributed by atoms with Crippen molar-refractivity contribution in [2.24, 2.45) is 0 Å². The molecule has 1 nitrogen and oxygen atoms in total. The van der Waals surface area contributed by atoms with Gasteiger partial charge in [0.2, 0.25) is 0 Å². The van der Waals surface area contributed by atoms with E-state index < -0.39 is 0 Å². The molecule has 1 saturated heterocycles. The highest BCUT2D eigenvalue weighted by Gasteiger charge is 2.27. The van der Waals surface area contributed by atoms with Crippen molar-refractivity contribution in [2.75, 3.05) is 0 Å². The van der Waals surface area contributed by atoms with E-state index in [1.54, 1.807) is 0 Å². The Morgan fingerprint density at radius 3 is 2.80 bits per heavy atom. The first-order chi connectivity index (χ1) is 7.40. The van der Waals surface area contributed by atoms with Crippen LogP contribution in [0.2, 0.25) is 0 Å². The lowest BCUT2D eigenvalue weighted by molar-refractivity contribution is -0.188. The Hall–Kier alpha value is -1.08. The summed E-state index contributed by atoms with van der Waals surface area (Å²) in [6, 6.07) is 10.6. The molecule has 0 unspecified atom stereocenters. The first-order valence-electron chi connectivity index (χ1n) is 5.76. The molecule has 1 N–H and O–H groups in total. The molecule has 1 fully saturated rings. The molecule has 80 valence electrons. The van der Waals surface area contributed by atoms with Crippen molar-refractivity contribution < 1.29 is 4.74 Å². The molecule has 0 saturated carbocycles. The van der Waals surface area contributed by atoms with Crippen LogP contribution in [-0.4, -0.2) is 10.8 Å². The summed E-state index contributed by atoms with van der Waals surface area (Å²) in [5, 5.41) is 0. The molecule has 2 atom stereocenters. The minimum absolute atomic E-state index is 0.421. The van der Waals surface area contributed by atoms with Crippen molar-refractivity contribution in [3.05, 3.63) is 48.6 Å². The third kappa shape index (κ3) is 2.69. The number of hydrogen-bond donors (Lipinski definition) is 0. The maximum atomic E-state index is 4.87. The Bertz CT molecular complexity index is 304. The van der Waals surface area contributed by atoms with E-state index in [-0.39, 0.29) is 0 Å². The van der Waals surface area contributed by atoms with Crippen molar-refractivity contribution in [3.63, 3.8) is 0 Å². The monoisotopic (exact) mass is 203 g/mol. The number of ether oxygens (including phenoxy) is 1. The number of benzene rings is 1. The fourth-order valence-electron chi connectivity index (χ4n) is 2.25. The smallest absolute Gasteiger partial charge is 0.181 e. The first-order valence-corrected chi connectivity index (χ1v) is 5.76. The number of hydrogen-bond acceptors (Lipinski definition) is 0. The third-order valence-electron chi connectivity index (χ3n) is 3.03. The topological polar surface area (TPSA) is 12.8 Å². The summed E-state index contributed by atoms with van der Waals surface area (Å²) in [6.45, 7) is 3.79. The van der Waals surface area contributed by atoms with Crippen LogP contribution in [0.4, 0.5) is 0 Å². The molecule has 1 aromatic rings. The van der Waals surface area contributed by atoms with E-state index in [0.29, 0.717) is 12.2 Å². The standard InChI is InChI=1S/C14H18O/c1-2-7-13-10-6-11-14(15-13)12-8-4-3-5-9-12/h2-5,8-9,13-14H,1,6-7,10-11H2/p+1/t13-,14-/m0/s1. The first kappa shape index (κ1) is 10.4. The fraction of sp³-hybridized carbons (Fsp3) is 0.429. The van der Waals surface area contributed by atoms with Crippen molar-refractivity contribution in [3.8, 4) is 0 Å². The van der Waals surface area contributed by atoms with Crippen molar-refractivity contribution in [2.45, 2.75) is 37.9 Å². The second kappa shape index (κ2) is 5.13. The highest BCUT2D eigenvalue weighted by Crippen LogP contribution is 2.29. The number of aliphatic hydroxyl groups is 2. The maximum Gasteiger partial charge on any atom is 0.181 e. The molecule has 0 aromatic heterocycles. The molecule has 1 heterocycles. The second-order valence-corrected chi connectivity index (χ2v) is 4.18. The van der Waals surface area contributed by atoms with E-state index >= 15 is 0 Å². The average Bonchev–Trinajstić information content (AvgIpc) is 2.31. The summed E-state index contributed by atoms with van der Waals surface area (Å²) >= 11 is 0. The predicted octanol–water partition coefficient (Wildman–Crippen LogP) is 3.38. The zero-order chi connectivity index (χ0) is 10.5. The van der Waals surface area contributed by atoms with Gasteiger partial charge < -0.3 is 4.74 Å². The van der Waals surface area contributed by atoms with Gasteiger partial charge in [0.05, 0.1) is 0 Å².